The van der Waals surface area contributed by atoms with Crippen LogP contribution >= 0.6 is 23.2 Å². The summed E-state index contributed by atoms with van der Waals surface area (Å²) < 4.78 is 1.17. The molecule has 4 aromatic rings. The van der Waals surface area contributed by atoms with Gasteiger partial charge in [0.15, 0.2) is 5.82 Å². The Morgan fingerprint density at radius 3 is 2.45 bits per heavy atom. The van der Waals surface area contributed by atoms with Crippen molar-refractivity contribution < 1.29 is 4.79 Å². The predicted molar refractivity (Wildman–Crippen MR) is 116 cm³/mol. The molecule has 0 spiro atoms. The second-order valence-electron chi connectivity index (χ2n) is 6.44. The molecule has 1 amide bonds. The van der Waals surface area contributed by atoms with Gasteiger partial charge in [0.05, 0.1) is 17.3 Å². The molecular formula is C22H15Cl2N3O2. The van der Waals surface area contributed by atoms with Crippen molar-refractivity contribution in [1.29, 1.82) is 0 Å². The van der Waals surface area contributed by atoms with Crippen molar-refractivity contribution in [1.82, 2.24) is 9.66 Å². The number of para-hydroxylation sites is 1. The molecule has 5 nitrogen and oxygen atoms in total. The standard InChI is InChI=1S/C22H15Cl2N3O2/c23-16-10-8-14(9-11-16)12-20(28)26-27-21(15-4-3-5-17(24)13-15)25-19-7-2-1-6-18(19)22(27)29/h1-11,13H,12H2,(H,26,28). The smallest absolute Gasteiger partial charge is 0.273 e. The van der Waals surface area contributed by atoms with Gasteiger partial charge in [-0.05, 0) is 42.0 Å². The summed E-state index contributed by atoms with van der Waals surface area (Å²) in [6.45, 7) is 0. The molecule has 29 heavy (non-hydrogen) atoms. The first-order valence-electron chi connectivity index (χ1n) is 8.83. The van der Waals surface area contributed by atoms with Gasteiger partial charge in [-0.3, -0.25) is 15.0 Å². The molecule has 1 aromatic heterocycles. The Morgan fingerprint density at radius 2 is 1.69 bits per heavy atom. The molecule has 0 aliphatic rings. The summed E-state index contributed by atoms with van der Waals surface area (Å²) in [5, 5.41) is 1.50. The number of benzene rings is 3. The summed E-state index contributed by atoms with van der Waals surface area (Å²) in [5.41, 5.74) is 4.24. The van der Waals surface area contributed by atoms with Gasteiger partial charge in [0.2, 0.25) is 5.91 Å². The SMILES string of the molecule is O=C(Cc1ccc(Cl)cc1)Nn1c(-c2cccc(Cl)c2)nc2ccccc2c1=O. The van der Waals surface area contributed by atoms with Crippen LogP contribution in [0.15, 0.2) is 77.6 Å². The molecule has 0 fully saturated rings. The normalized spacial score (nSPS) is 10.8. The number of hydrogen-bond donors (Lipinski definition) is 1. The first kappa shape index (κ1) is 19.2. The summed E-state index contributed by atoms with van der Waals surface area (Å²) >= 11 is 12.0. The number of rotatable bonds is 4. The van der Waals surface area contributed by atoms with Crippen LogP contribution in [0.2, 0.25) is 10.0 Å². The molecule has 0 unspecified atom stereocenters. The molecule has 1 N–H and O–H groups in total. The minimum atomic E-state index is -0.366. The van der Waals surface area contributed by atoms with E-state index in [1.54, 1.807) is 72.8 Å². The van der Waals surface area contributed by atoms with Crippen molar-refractivity contribution in [2.45, 2.75) is 6.42 Å². The number of halogens is 2. The Balaban J connectivity index is 1.78. The van der Waals surface area contributed by atoms with E-state index in [0.717, 1.165) is 5.56 Å². The lowest BCUT2D eigenvalue weighted by Crippen LogP contribution is -2.35. The topological polar surface area (TPSA) is 64.0 Å². The highest BCUT2D eigenvalue weighted by Crippen LogP contribution is 2.21. The molecule has 0 saturated carbocycles. The Hall–Kier alpha value is -3.15. The Morgan fingerprint density at radius 1 is 0.931 bits per heavy atom. The van der Waals surface area contributed by atoms with Crippen LogP contribution < -0.4 is 11.0 Å². The highest BCUT2D eigenvalue weighted by molar-refractivity contribution is 6.31. The monoisotopic (exact) mass is 423 g/mol. The average Bonchev–Trinajstić information content (AvgIpc) is 2.72. The largest absolute Gasteiger partial charge is 0.280 e. The Labute approximate surface area is 176 Å². The van der Waals surface area contributed by atoms with E-state index in [-0.39, 0.29) is 17.9 Å². The molecule has 3 aromatic carbocycles. The van der Waals surface area contributed by atoms with Crippen molar-refractivity contribution in [2.75, 3.05) is 5.43 Å². The molecule has 7 heteroatoms. The second-order valence-corrected chi connectivity index (χ2v) is 7.31. The van der Waals surface area contributed by atoms with Crippen LogP contribution in [0, 0.1) is 0 Å². The summed E-state index contributed by atoms with van der Waals surface area (Å²) in [6, 6.07) is 20.9. The molecular weight excluding hydrogens is 409 g/mol. The first-order valence-corrected chi connectivity index (χ1v) is 9.59. The van der Waals surface area contributed by atoms with E-state index < -0.39 is 0 Å². The quantitative estimate of drug-likeness (QED) is 0.517. The molecule has 0 saturated heterocycles. The Bertz CT molecular complexity index is 1270. The number of carbonyl (C=O) groups is 1. The number of nitrogens with one attached hydrogen (secondary N) is 1. The number of fused-ring (bicyclic) bond motifs is 1. The van der Waals surface area contributed by atoms with E-state index in [1.807, 2.05) is 0 Å². The third-order valence-corrected chi connectivity index (χ3v) is 4.86. The molecule has 0 bridgehead atoms. The first-order chi connectivity index (χ1) is 14.0. The molecule has 0 aliphatic heterocycles. The van der Waals surface area contributed by atoms with E-state index in [1.165, 1.54) is 4.68 Å². The van der Waals surface area contributed by atoms with Crippen molar-refractivity contribution in [3.8, 4) is 11.4 Å². The fraction of sp³-hybridized carbons (Fsp3) is 0.0455. The van der Waals surface area contributed by atoms with Gasteiger partial charge in [-0.15, -0.1) is 0 Å². The number of amides is 1. The molecule has 1 heterocycles. The van der Waals surface area contributed by atoms with Gasteiger partial charge in [-0.25, -0.2) is 4.98 Å². The number of aromatic nitrogens is 2. The number of nitrogens with zero attached hydrogens (tertiary/aromatic N) is 2. The van der Waals surface area contributed by atoms with Crippen molar-refractivity contribution in [2.24, 2.45) is 0 Å². The fourth-order valence-corrected chi connectivity index (χ4v) is 3.33. The van der Waals surface area contributed by atoms with Gasteiger partial charge >= 0.3 is 0 Å². The van der Waals surface area contributed by atoms with Crippen molar-refractivity contribution in [3.05, 3.63) is 98.8 Å². The van der Waals surface area contributed by atoms with Gasteiger partial charge in [0.25, 0.3) is 5.56 Å². The minimum Gasteiger partial charge on any atom is -0.273 e. The zero-order valence-electron chi connectivity index (χ0n) is 15.1. The van der Waals surface area contributed by atoms with E-state index in [2.05, 4.69) is 10.4 Å². The summed E-state index contributed by atoms with van der Waals surface area (Å²) in [5.74, 6) is -0.0459. The van der Waals surface area contributed by atoms with E-state index in [4.69, 9.17) is 23.2 Å². The van der Waals surface area contributed by atoms with Gasteiger partial charge in [-0.1, -0.05) is 59.6 Å². The Kier molecular flexibility index (Phi) is 5.34. The lowest BCUT2D eigenvalue weighted by molar-refractivity contribution is -0.116. The van der Waals surface area contributed by atoms with E-state index in [9.17, 15) is 9.59 Å². The average molecular weight is 424 g/mol. The third-order valence-electron chi connectivity index (χ3n) is 4.37. The summed E-state index contributed by atoms with van der Waals surface area (Å²) in [4.78, 5) is 30.3. The summed E-state index contributed by atoms with van der Waals surface area (Å²) in [6.07, 6.45) is 0.0887. The maximum Gasteiger partial charge on any atom is 0.280 e. The van der Waals surface area contributed by atoms with Gasteiger partial charge in [0, 0.05) is 15.6 Å². The third kappa shape index (κ3) is 4.16. The molecule has 0 radical (unpaired) electrons. The fourth-order valence-electron chi connectivity index (χ4n) is 3.01. The maximum absolute atomic E-state index is 13.1. The predicted octanol–water partition coefficient (Wildman–Crippen LogP) is 4.68. The van der Waals surface area contributed by atoms with Crippen LogP contribution in [-0.4, -0.2) is 15.6 Å². The maximum atomic E-state index is 13.1. The van der Waals surface area contributed by atoms with Crippen LogP contribution in [0.4, 0.5) is 0 Å². The molecule has 144 valence electrons. The van der Waals surface area contributed by atoms with Crippen LogP contribution in [0.1, 0.15) is 5.56 Å². The summed E-state index contributed by atoms with van der Waals surface area (Å²) in [7, 11) is 0. The van der Waals surface area contributed by atoms with E-state index in [0.29, 0.717) is 32.3 Å². The van der Waals surface area contributed by atoms with Gasteiger partial charge < -0.3 is 0 Å². The van der Waals surface area contributed by atoms with Gasteiger partial charge in [-0.2, -0.15) is 4.68 Å². The number of carbonyl (C=O) groups excluding carboxylic acids is 1. The number of hydrogen-bond acceptors (Lipinski definition) is 3. The van der Waals surface area contributed by atoms with Crippen LogP contribution in [0.25, 0.3) is 22.3 Å². The second kappa shape index (κ2) is 8.07. The van der Waals surface area contributed by atoms with Crippen LogP contribution in [0.5, 0.6) is 0 Å². The van der Waals surface area contributed by atoms with Crippen molar-refractivity contribution in [3.63, 3.8) is 0 Å². The molecule has 4 rings (SSSR count). The van der Waals surface area contributed by atoms with Gasteiger partial charge in [0.1, 0.15) is 0 Å². The molecule has 0 aliphatic carbocycles. The van der Waals surface area contributed by atoms with E-state index >= 15 is 0 Å². The van der Waals surface area contributed by atoms with Crippen LogP contribution in [-0.2, 0) is 11.2 Å². The zero-order valence-corrected chi connectivity index (χ0v) is 16.6. The highest BCUT2D eigenvalue weighted by Gasteiger charge is 2.15. The van der Waals surface area contributed by atoms with Crippen molar-refractivity contribution >= 4 is 40.0 Å². The lowest BCUT2D eigenvalue weighted by atomic mass is 10.1. The molecule has 0 atom stereocenters. The van der Waals surface area contributed by atoms with Crippen LogP contribution in [0.3, 0.4) is 0 Å². The minimum absolute atomic E-state index is 0.0887. The lowest BCUT2D eigenvalue weighted by Gasteiger charge is -2.15. The highest BCUT2D eigenvalue weighted by atomic mass is 35.5. The zero-order chi connectivity index (χ0) is 20.4.